The van der Waals surface area contributed by atoms with Gasteiger partial charge in [0.2, 0.25) is 0 Å². The van der Waals surface area contributed by atoms with Crippen LogP contribution in [0.2, 0.25) is 0 Å². The van der Waals surface area contributed by atoms with Gasteiger partial charge in [0.15, 0.2) is 0 Å². The highest BCUT2D eigenvalue weighted by Crippen LogP contribution is 2.15. The molecule has 0 aliphatic carbocycles. The summed E-state index contributed by atoms with van der Waals surface area (Å²) in [5.41, 5.74) is 2.08. The lowest BCUT2D eigenvalue weighted by atomic mass is 10.2. The monoisotopic (exact) mass is 240 g/mol. The molecule has 0 aromatic carbocycles. The second-order valence-electron chi connectivity index (χ2n) is 3.29. The molecule has 2 aromatic heterocycles. The maximum atomic E-state index is 4.43. The van der Waals surface area contributed by atoms with Gasteiger partial charge in [-0.05, 0) is 25.4 Å². The first-order valence-corrected chi connectivity index (χ1v) is 6.38. The molecule has 1 unspecified atom stereocenters. The summed E-state index contributed by atoms with van der Waals surface area (Å²) < 4.78 is 3.82. The van der Waals surface area contributed by atoms with Gasteiger partial charge in [-0.2, -0.15) is 0 Å². The Morgan fingerprint density at radius 2 is 2.33 bits per heavy atom. The maximum absolute atomic E-state index is 4.43. The highest BCUT2D eigenvalue weighted by atomic mass is 32.1. The van der Waals surface area contributed by atoms with Gasteiger partial charge in [0.25, 0.3) is 0 Å². The predicted octanol–water partition coefficient (Wildman–Crippen LogP) is 2.15. The molecule has 0 amide bonds. The van der Waals surface area contributed by atoms with Gasteiger partial charge in [0.05, 0.1) is 16.4 Å². The zero-order valence-corrected chi connectivity index (χ0v) is 10.2. The third-order valence-electron chi connectivity index (χ3n) is 2.07. The van der Waals surface area contributed by atoms with E-state index in [2.05, 4.69) is 32.2 Å². The molecule has 0 fully saturated rings. The molecule has 4 nitrogen and oxygen atoms in total. The number of nitrogens with one attached hydrogen (secondary N) is 1. The number of aromatic nitrogens is 3. The van der Waals surface area contributed by atoms with Crippen molar-refractivity contribution >= 4 is 22.9 Å². The molecule has 15 heavy (non-hydrogen) atoms. The van der Waals surface area contributed by atoms with Crippen LogP contribution in [-0.2, 0) is 6.54 Å². The van der Waals surface area contributed by atoms with E-state index < -0.39 is 0 Å². The van der Waals surface area contributed by atoms with Crippen molar-refractivity contribution in [2.24, 2.45) is 0 Å². The fourth-order valence-electron chi connectivity index (χ4n) is 1.20. The first-order chi connectivity index (χ1) is 7.25. The average molecular weight is 240 g/mol. The molecule has 0 saturated carbocycles. The molecule has 0 spiro atoms. The number of aryl methyl sites for hydroxylation is 1. The van der Waals surface area contributed by atoms with Crippen LogP contribution in [0.1, 0.15) is 29.4 Å². The van der Waals surface area contributed by atoms with Crippen molar-refractivity contribution in [3.05, 3.63) is 27.2 Å². The summed E-state index contributed by atoms with van der Waals surface area (Å²) >= 11 is 3.06. The summed E-state index contributed by atoms with van der Waals surface area (Å²) in [5, 5.41) is 12.5. The number of hydrogen-bond acceptors (Lipinski definition) is 6. The minimum absolute atomic E-state index is 0.261. The molecule has 0 bridgehead atoms. The molecule has 1 N–H and O–H groups in total. The second kappa shape index (κ2) is 4.78. The summed E-state index contributed by atoms with van der Waals surface area (Å²) in [7, 11) is 0. The van der Waals surface area contributed by atoms with Crippen LogP contribution in [0, 0.1) is 6.92 Å². The van der Waals surface area contributed by atoms with E-state index >= 15 is 0 Å². The van der Waals surface area contributed by atoms with E-state index in [9.17, 15) is 0 Å². The Bertz CT molecular complexity index is 409. The molecular formula is C9H12N4S2. The number of nitrogens with zero attached hydrogens (tertiary/aromatic N) is 3. The fraction of sp³-hybridized carbons (Fsp3) is 0.444. The molecule has 6 heteroatoms. The molecule has 0 aliphatic rings. The minimum atomic E-state index is 0.261. The van der Waals surface area contributed by atoms with Gasteiger partial charge in [-0.3, -0.25) is 0 Å². The lowest BCUT2D eigenvalue weighted by molar-refractivity contribution is 0.556. The van der Waals surface area contributed by atoms with Gasteiger partial charge in [-0.15, -0.1) is 16.4 Å². The molecule has 0 radical (unpaired) electrons. The minimum Gasteiger partial charge on any atom is -0.303 e. The fourth-order valence-corrected chi connectivity index (χ4v) is 2.36. The van der Waals surface area contributed by atoms with Gasteiger partial charge < -0.3 is 5.32 Å². The van der Waals surface area contributed by atoms with Crippen molar-refractivity contribution in [1.82, 2.24) is 19.9 Å². The number of hydrogen-bond donors (Lipinski definition) is 1. The Morgan fingerprint density at radius 3 is 2.93 bits per heavy atom. The Balaban J connectivity index is 1.90. The van der Waals surface area contributed by atoms with E-state index in [1.165, 1.54) is 11.5 Å². The quantitative estimate of drug-likeness (QED) is 0.889. The Morgan fingerprint density at radius 1 is 1.47 bits per heavy atom. The second-order valence-corrected chi connectivity index (χ2v) is 4.96. The van der Waals surface area contributed by atoms with E-state index in [0.29, 0.717) is 0 Å². The molecule has 2 aromatic rings. The van der Waals surface area contributed by atoms with Crippen LogP contribution >= 0.6 is 22.9 Å². The van der Waals surface area contributed by atoms with Crippen LogP contribution in [0.4, 0.5) is 0 Å². The van der Waals surface area contributed by atoms with Gasteiger partial charge in [0, 0.05) is 23.3 Å². The summed E-state index contributed by atoms with van der Waals surface area (Å²) in [5.74, 6) is 0. The van der Waals surface area contributed by atoms with E-state index in [1.54, 1.807) is 11.3 Å². The largest absolute Gasteiger partial charge is 0.303 e. The Kier molecular flexibility index (Phi) is 3.40. The van der Waals surface area contributed by atoms with Crippen molar-refractivity contribution in [3.63, 3.8) is 0 Å². The van der Waals surface area contributed by atoms with Crippen LogP contribution in [-0.4, -0.2) is 14.6 Å². The van der Waals surface area contributed by atoms with Crippen LogP contribution in [0.5, 0.6) is 0 Å². The standard InChI is InChI=1S/C9H12N4S2/c1-6(9-5-14-7(2)11-9)10-3-8-4-15-13-12-8/h4-6,10H,3H2,1-2H3. The summed E-state index contributed by atoms with van der Waals surface area (Å²) in [4.78, 5) is 4.43. The number of thiazole rings is 1. The Hall–Kier alpha value is -0.850. The van der Waals surface area contributed by atoms with Gasteiger partial charge >= 0.3 is 0 Å². The van der Waals surface area contributed by atoms with Gasteiger partial charge in [0.1, 0.15) is 0 Å². The number of rotatable bonds is 4. The predicted molar refractivity (Wildman–Crippen MR) is 62.0 cm³/mol. The lowest BCUT2D eigenvalue weighted by Gasteiger charge is -2.09. The average Bonchev–Trinajstić information content (AvgIpc) is 2.84. The lowest BCUT2D eigenvalue weighted by Crippen LogP contribution is -2.18. The highest BCUT2D eigenvalue weighted by Gasteiger charge is 2.08. The molecule has 0 saturated heterocycles. The molecule has 80 valence electrons. The van der Waals surface area contributed by atoms with E-state index in [0.717, 1.165) is 22.9 Å². The summed E-state index contributed by atoms with van der Waals surface area (Å²) in [6.45, 7) is 4.87. The molecule has 1 atom stereocenters. The van der Waals surface area contributed by atoms with Gasteiger partial charge in [-0.25, -0.2) is 4.98 Å². The normalized spacial score (nSPS) is 12.9. The first kappa shape index (κ1) is 10.7. The van der Waals surface area contributed by atoms with Crippen molar-refractivity contribution in [3.8, 4) is 0 Å². The van der Waals surface area contributed by atoms with E-state index in [4.69, 9.17) is 0 Å². The highest BCUT2D eigenvalue weighted by molar-refractivity contribution is 7.09. The maximum Gasteiger partial charge on any atom is 0.0898 e. The van der Waals surface area contributed by atoms with Crippen LogP contribution in [0.3, 0.4) is 0 Å². The van der Waals surface area contributed by atoms with Crippen LogP contribution in [0.25, 0.3) is 0 Å². The van der Waals surface area contributed by atoms with E-state index in [1.807, 2.05) is 12.3 Å². The Labute approximate surface area is 96.5 Å². The zero-order valence-electron chi connectivity index (χ0n) is 8.60. The first-order valence-electron chi connectivity index (χ1n) is 4.67. The summed E-state index contributed by atoms with van der Waals surface area (Å²) in [6, 6.07) is 0.261. The topological polar surface area (TPSA) is 50.7 Å². The molecule has 2 rings (SSSR count). The third-order valence-corrected chi connectivity index (χ3v) is 3.42. The molecule has 0 aliphatic heterocycles. The smallest absolute Gasteiger partial charge is 0.0898 e. The summed E-state index contributed by atoms with van der Waals surface area (Å²) in [6.07, 6.45) is 0. The van der Waals surface area contributed by atoms with Crippen molar-refractivity contribution < 1.29 is 0 Å². The van der Waals surface area contributed by atoms with Crippen molar-refractivity contribution in [1.29, 1.82) is 0 Å². The SMILES string of the molecule is Cc1nc(C(C)NCc2csnn2)cs1. The van der Waals surface area contributed by atoms with Crippen LogP contribution < -0.4 is 5.32 Å². The van der Waals surface area contributed by atoms with Gasteiger partial charge in [-0.1, -0.05) is 4.49 Å². The molecular weight excluding hydrogens is 228 g/mol. The van der Waals surface area contributed by atoms with Crippen molar-refractivity contribution in [2.45, 2.75) is 26.4 Å². The van der Waals surface area contributed by atoms with E-state index in [-0.39, 0.29) is 6.04 Å². The van der Waals surface area contributed by atoms with Crippen LogP contribution in [0.15, 0.2) is 10.8 Å². The zero-order chi connectivity index (χ0) is 10.7. The van der Waals surface area contributed by atoms with Crippen molar-refractivity contribution in [2.75, 3.05) is 0 Å². The molecule has 2 heterocycles. The third kappa shape index (κ3) is 2.80.